The van der Waals surface area contributed by atoms with Gasteiger partial charge in [0.05, 0.1) is 0 Å². The van der Waals surface area contributed by atoms with Gasteiger partial charge in [-0.3, -0.25) is 9.59 Å². The fourth-order valence-corrected chi connectivity index (χ4v) is 1.61. The standard InChI is InChI=1S/C15H23N3O2/c1-11(2)18-10-13-4-6-14(7-5-13)15(20)17-9-8-16-12(3)19/h4-7,11,18H,8-10H2,1-3H3,(H,16,19)(H,17,20). The van der Waals surface area contributed by atoms with Gasteiger partial charge in [0, 0.05) is 38.2 Å². The minimum absolute atomic E-state index is 0.0961. The number of hydrogen-bond donors (Lipinski definition) is 3. The van der Waals surface area contributed by atoms with E-state index in [4.69, 9.17) is 0 Å². The topological polar surface area (TPSA) is 70.2 Å². The summed E-state index contributed by atoms with van der Waals surface area (Å²) in [6.45, 7) is 7.30. The molecular formula is C15H23N3O2. The summed E-state index contributed by atoms with van der Waals surface area (Å²) in [7, 11) is 0. The first kappa shape index (κ1) is 16.2. The molecule has 1 aromatic rings. The second kappa shape index (κ2) is 8.32. The lowest BCUT2D eigenvalue weighted by molar-refractivity contribution is -0.118. The van der Waals surface area contributed by atoms with E-state index >= 15 is 0 Å². The molecule has 1 aromatic carbocycles. The molecule has 0 radical (unpaired) electrons. The van der Waals surface area contributed by atoms with Crippen LogP contribution in [0.1, 0.15) is 36.7 Å². The first-order valence-electron chi connectivity index (χ1n) is 6.84. The predicted molar refractivity (Wildman–Crippen MR) is 79.4 cm³/mol. The van der Waals surface area contributed by atoms with E-state index in [2.05, 4.69) is 29.8 Å². The average molecular weight is 277 g/mol. The third-order valence-corrected chi connectivity index (χ3v) is 2.72. The predicted octanol–water partition coefficient (Wildman–Crippen LogP) is 1.05. The van der Waals surface area contributed by atoms with Crippen molar-refractivity contribution < 1.29 is 9.59 Å². The Bertz CT molecular complexity index is 441. The van der Waals surface area contributed by atoms with E-state index in [0.29, 0.717) is 24.7 Å². The summed E-state index contributed by atoms with van der Waals surface area (Å²) in [5, 5.41) is 8.70. The second-order valence-electron chi connectivity index (χ2n) is 4.97. The van der Waals surface area contributed by atoms with Gasteiger partial charge in [0.2, 0.25) is 5.91 Å². The van der Waals surface area contributed by atoms with Crippen LogP contribution in [0.4, 0.5) is 0 Å². The summed E-state index contributed by atoms with van der Waals surface area (Å²) < 4.78 is 0. The van der Waals surface area contributed by atoms with Crippen LogP contribution in [0.2, 0.25) is 0 Å². The maximum Gasteiger partial charge on any atom is 0.251 e. The summed E-state index contributed by atoms with van der Waals surface area (Å²) >= 11 is 0. The smallest absolute Gasteiger partial charge is 0.251 e. The minimum atomic E-state index is -0.126. The van der Waals surface area contributed by atoms with E-state index in [0.717, 1.165) is 12.1 Å². The molecule has 0 aliphatic carbocycles. The van der Waals surface area contributed by atoms with Crippen LogP contribution < -0.4 is 16.0 Å². The van der Waals surface area contributed by atoms with Gasteiger partial charge in [0.15, 0.2) is 0 Å². The van der Waals surface area contributed by atoms with E-state index in [1.165, 1.54) is 6.92 Å². The lowest BCUT2D eigenvalue weighted by atomic mass is 10.1. The fourth-order valence-electron chi connectivity index (χ4n) is 1.61. The Hall–Kier alpha value is -1.88. The van der Waals surface area contributed by atoms with Gasteiger partial charge in [-0.25, -0.2) is 0 Å². The molecular weight excluding hydrogens is 254 g/mol. The number of benzene rings is 1. The van der Waals surface area contributed by atoms with E-state index in [9.17, 15) is 9.59 Å². The molecule has 0 saturated heterocycles. The van der Waals surface area contributed by atoms with Crippen molar-refractivity contribution in [2.24, 2.45) is 0 Å². The average Bonchev–Trinajstić information content (AvgIpc) is 2.41. The first-order chi connectivity index (χ1) is 9.49. The van der Waals surface area contributed by atoms with Crippen LogP contribution in [-0.4, -0.2) is 30.9 Å². The number of rotatable bonds is 7. The third-order valence-electron chi connectivity index (χ3n) is 2.72. The van der Waals surface area contributed by atoms with Gasteiger partial charge in [-0.15, -0.1) is 0 Å². The quantitative estimate of drug-likeness (QED) is 0.652. The fraction of sp³-hybridized carbons (Fsp3) is 0.467. The van der Waals surface area contributed by atoms with Gasteiger partial charge in [-0.2, -0.15) is 0 Å². The molecule has 0 bridgehead atoms. The molecule has 5 heteroatoms. The largest absolute Gasteiger partial charge is 0.355 e. The van der Waals surface area contributed by atoms with Crippen LogP contribution >= 0.6 is 0 Å². The number of amides is 2. The molecule has 1 rings (SSSR count). The van der Waals surface area contributed by atoms with Crippen molar-refractivity contribution in [3.8, 4) is 0 Å². The van der Waals surface area contributed by atoms with Crippen molar-refractivity contribution >= 4 is 11.8 Å². The van der Waals surface area contributed by atoms with Crippen LogP contribution in [0.5, 0.6) is 0 Å². The normalized spacial score (nSPS) is 10.4. The zero-order valence-electron chi connectivity index (χ0n) is 12.3. The van der Waals surface area contributed by atoms with E-state index in [1.807, 2.05) is 24.3 Å². The summed E-state index contributed by atoms with van der Waals surface area (Å²) in [5.74, 6) is -0.222. The number of hydrogen-bond acceptors (Lipinski definition) is 3. The van der Waals surface area contributed by atoms with Crippen molar-refractivity contribution in [3.63, 3.8) is 0 Å². The van der Waals surface area contributed by atoms with Crippen LogP contribution in [-0.2, 0) is 11.3 Å². The Morgan fingerprint density at radius 2 is 1.65 bits per heavy atom. The molecule has 20 heavy (non-hydrogen) atoms. The molecule has 0 aromatic heterocycles. The van der Waals surface area contributed by atoms with Gasteiger partial charge >= 0.3 is 0 Å². The van der Waals surface area contributed by atoms with Crippen LogP contribution in [0.25, 0.3) is 0 Å². The van der Waals surface area contributed by atoms with Crippen molar-refractivity contribution in [1.82, 2.24) is 16.0 Å². The van der Waals surface area contributed by atoms with Gasteiger partial charge in [0.25, 0.3) is 5.91 Å². The number of carbonyl (C=O) groups excluding carboxylic acids is 2. The Morgan fingerprint density at radius 3 is 2.20 bits per heavy atom. The van der Waals surface area contributed by atoms with Gasteiger partial charge in [-0.1, -0.05) is 26.0 Å². The lowest BCUT2D eigenvalue weighted by Gasteiger charge is -2.09. The Kier molecular flexibility index (Phi) is 6.73. The van der Waals surface area contributed by atoms with E-state index in [-0.39, 0.29) is 11.8 Å². The van der Waals surface area contributed by atoms with Crippen molar-refractivity contribution in [2.75, 3.05) is 13.1 Å². The molecule has 2 amide bonds. The first-order valence-corrected chi connectivity index (χ1v) is 6.84. The molecule has 0 heterocycles. The van der Waals surface area contributed by atoms with E-state index < -0.39 is 0 Å². The summed E-state index contributed by atoms with van der Waals surface area (Å²) in [5.41, 5.74) is 1.77. The Balaban J connectivity index is 2.39. The monoisotopic (exact) mass is 277 g/mol. The highest BCUT2D eigenvalue weighted by Gasteiger charge is 2.04. The molecule has 5 nitrogen and oxygen atoms in total. The maximum atomic E-state index is 11.8. The second-order valence-corrected chi connectivity index (χ2v) is 4.97. The van der Waals surface area contributed by atoms with Gasteiger partial charge in [0.1, 0.15) is 0 Å². The molecule has 0 atom stereocenters. The minimum Gasteiger partial charge on any atom is -0.355 e. The Morgan fingerprint density at radius 1 is 1.05 bits per heavy atom. The molecule has 110 valence electrons. The Labute approximate surface area is 120 Å². The van der Waals surface area contributed by atoms with Gasteiger partial charge in [-0.05, 0) is 17.7 Å². The zero-order valence-corrected chi connectivity index (χ0v) is 12.3. The molecule has 0 aliphatic rings. The molecule has 0 aliphatic heterocycles. The highest BCUT2D eigenvalue weighted by atomic mass is 16.2. The lowest BCUT2D eigenvalue weighted by Crippen LogP contribution is -2.33. The molecule has 0 spiro atoms. The van der Waals surface area contributed by atoms with Crippen molar-refractivity contribution in [1.29, 1.82) is 0 Å². The molecule has 0 unspecified atom stereocenters. The number of carbonyl (C=O) groups is 2. The van der Waals surface area contributed by atoms with Crippen molar-refractivity contribution in [2.45, 2.75) is 33.4 Å². The van der Waals surface area contributed by atoms with Crippen LogP contribution in [0, 0.1) is 0 Å². The van der Waals surface area contributed by atoms with E-state index in [1.54, 1.807) is 0 Å². The van der Waals surface area contributed by atoms with Gasteiger partial charge < -0.3 is 16.0 Å². The van der Waals surface area contributed by atoms with Crippen LogP contribution in [0.15, 0.2) is 24.3 Å². The van der Waals surface area contributed by atoms with Crippen LogP contribution in [0.3, 0.4) is 0 Å². The molecule has 0 fully saturated rings. The number of nitrogens with one attached hydrogen (secondary N) is 3. The SMILES string of the molecule is CC(=O)NCCNC(=O)c1ccc(CNC(C)C)cc1. The summed E-state index contributed by atoms with van der Waals surface area (Å²) in [6, 6.07) is 7.94. The highest BCUT2D eigenvalue weighted by molar-refractivity contribution is 5.94. The zero-order chi connectivity index (χ0) is 15.0. The molecule has 0 saturated carbocycles. The summed E-state index contributed by atoms with van der Waals surface area (Å²) in [6.07, 6.45) is 0. The third kappa shape index (κ3) is 6.33. The maximum absolute atomic E-state index is 11.8. The van der Waals surface area contributed by atoms with Crippen molar-refractivity contribution in [3.05, 3.63) is 35.4 Å². The summed E-state index contributed by atoms with van der Waals surface area (Å²) in [4.78, 5) is 22.5. The highest BCUT2D eigenvalue weighted by Crippen LogP contribution is 2.04. The molecule has 3 N–H and O–H groups in total.